The Morgan fingerprint density at radius 2 is 1.95 bits per heavy atom. The average Bonchev–Trinajstić information content (AvgIpc) is 2.89. The second kappa shape index (κ2) is 8.26. The number of nitrogens with one attached hydrogen (secondary N) is 1. The van der Waals surface area contributed by atoms with Crippen molar-refractivity contribution in [1.29, 1.82) is 0 Å². The molecule has 0 bridgehead atoms. The summed E-state index contributed by atoms with van der Waals surface area (Å²) in [5.41, 5.74) is 0.0575. The van der Waals surface area contributed by atoms with Crippen LogP contribution >= 0.6 is 0 Å². The molecule has 8 nitrogen and oxygen atoms in total. The molecule has 0 spiro atoms. The van der Waals surface area contributed by atoms with Gasteiger partial charge in [0.15, 0.2) is 6.61 Å². The zero-order valence-electron chi connectivity index (χ0n) is 12.4. The standard InChI is InChI=1S/C14H20N4O4/c1-10(14(20)21-9-12-15-17-18-16-12)8-13(19)22-11-6-4-2-3-5-7-11/h11H,1-9H2,(H,15,16,17,18). The molecule has 0 saturated heterocycles. The highest BCUT2D eigenvalue weighted by Crippen LogP contribution is 2.20. The normalized spacial score (nSPS) is 15.8. The van der Waals surface area contributed by atoms with Crippen molar-refractivity contribution < 1.29 is 19.1 Å². The van der Waals surface area contributed by atoms with Gasteiger partial charge in [0.2, 0.25) is 5.82 Å². The van der Waals surface area contributed by atoms with Gasteiger partial charge in [-0.2, -0.15) is 5.21 Å². The number of carbonyl (C=O) groups excluding carboxylic acids is 2. The first-order valence-corrected chi connectivity index (χ1v) is 7.42. The van der Waals surface area contributed by atoms with Gasteiger partial charge in [-0.3, -0.25) is 4.79 Å². The minimum atomic E-state index is -0.664. The summed E-state index contributed by atoms with van der Waals surface area (Å²) in [6.45, 7) is 3.45. The predicted molar refractivity (Wildman–Crippen MR) is 75.3 cm³/mol. The van der Waals surface area contributed by atoms with Gasteiger partial charge in [-0.1, -0.05) is 24.6 Å². The lowest BCUT2D eigenvalue weighted by molar-refractivity contribution is -0.151. The van der Waals surface area contributed by atoms with E-state index in [0.717, 1.165) is 25.7 Å². The first kappa shape index (κ1) is 16.1. The van der Waals surface area contributed by atoms with Gasteiger partial charge in [-0.05, 0) is 25.7 Å². The van der Waals surface area contributed by atoms with Crippen LogP contribution in [0.1, 0.15) is 50.8 Å². The number of rotatable bonds is 6. The largest absolute Gasteiger partial charge is 0.462 e. The van der Waals surface area contributed by atoms with E-state index in [2.05, 4.69) is 27.2 Å². The molecule has 1 aliphatic carbocycles. The molecule has 1 aliphatic rings. The molecular formula is C14H20N4O4. The molecule has 1 fully saturated rings. The quantitative estimate of drug-likeness (QED) is 0.481. The van der Waals surface area contributed by atoms with Crippen molar-refractivity contribution in [2.24, 2.45) is 0 Å². The van der Waals surface area contributed by atoms with E-state index in [1.54, 1.807) is 0 Å². The van der Waals surface area contributed by atoms with Crippen molar-refractivity contribution in [2.75, 3.05) is 0 Å². The monoisotopic (exact) mass is 308 g/mol. The van der Waals surface area contributed by atoms with Crippen LogP contribution < -0.4 is 0 Å². The second-order valence-electron chi connectivity index (χ2n) is 5.29. The maximum atomic E-state index is 11.8. The Morgan fingerprint density at radius 3 is 2.59 bits per heavy atom. The van der Waals surface area contributed by atoms with Crippen molar-refractivity contribution in [1.82, 2.24) is 20.6 Å². The first-order chi connectivity index (χ1) is 10.6. The van der Waals surface area contributed by atoms with Crippen LogP contribution in [0.25, 0.3) is 0 Å². The van der Waals surface area contributed by atoms with Gasteiger partial charge < -0.3 is 9.47 Å². The number of H-pyrrole nitrogens is 1. The van der Waals surface area contributed by atoms with Crippen LogP contribution in [0.5, 0.6) is 0 Å². The highest BCUT2D eigenvalue weighted by molar-refractivity contribution is 5.93. The molecular weight excluding hydrogens is 288 g/mol. The molecule has 0 radical (unpaired) electrons. The fourth-order valence-electron chi connectivity index (χ4n) is 2.31. The second-order valence-corrected chi connectivity index (χ2v) is 5.29. The van der Waals surface area contributed by atoms with E-state index >= 15 is 0 Å². The fraction of sp³-hybridized carbons (Fsp3) is 0.643. The van der Waals surface area contributed by atoms with Gasteiger partial charge in [0.05, 0.1) is 6.42 Å². The molecule has 1 heterocycles. The lowest BCUT2D eigenvalue weighted by Crippen LogP contribution is -2.19. The van der Waals surface area contributed by atoms with Gasteiger partial charge >= 0.3 is 11.9 Å². The smallest absolute Gasteiger partial charge is 0.334 e. The van der Waals surface area contributed by atoms with Crippen molar-refractivity contribution in [2.45, 2.75) is 57.7 Å². The van der Waals surface area contributed by atoms with Crippen LogP contribution in [0.4, 0.5) is 0 Å². The lowest BCUT2D eigenvalue weighted by atomic mass is 10.1. The Kier molecular flexibility index (Phi) is 6.05. The van der Waals surface area contributed by atoms with Gasteiger partial charge in [0.25, 0.3) is 0 Å². The third-order valence-electron chi connectivity index (χ3n) is 3.47. The summed E-state index contributed by atoms with van der Waals surface area (Å²) >= 11 is 0. The number of aromatic amines is 1. The maximum Gasteiger partial charge on any atom is 0.334 e. The summed E-state index contributed by atoms with van der Waals surface area (Å²) in [6, 6.07) is 0. The third-order valence-corrected chi connectivity index (χ3v) is 3.47. The summed E-state index contributed by atoms with van der Waals surface area (Å²) in [7, 11) is 0. The van der Waals surface area contributed by atoms with E-state index in [-0.39, 0.29) is 30.5 Å². The SMILES string of the molecule is C=C(CC(=O)OC1CCCCCC1)C(=O)OCc1nn[nH]n1. The van der Waals surface area contributed by atoms with Gasteiger partial charge in [-0.15, -0.1) is 10.2 Å². The molecule has 22 heavy (non-hydrogen) atoms. The van der Waals surface area contributed by atoms with E-state index in [4.69, 9.17) is 9.47 Å². The summed E-state index contributed by atoms with van der Waals surface area (Å²) in [4.78, 5) is 23.5. The molecule has 0 amide bonds. The van der Waals surface area contributed by atoms with Crippen LogP contribution in [0.3, 0.4) is 0 Å². The third kappa shape index (κ3) is 5.27. The summed E-state index contributed by atoms with van der Waals surface area (Å²) in [5.74, 6) is -0.849. The topological polar surface area (TPSA) is 107 Å². The number of aromatic nitrogens is 4. The molecule has 0 aliphatic heterocycles. The minimum Gasteiger partial charge on any atom is -0.462 e. The van der Waals surface area contributed by atoms with E-state index in [9.17, 15) is 9.59 Å². The Morgan fingerprint density at radius 1 is 1.23 bits per heavy atom. The molecule has 1 N–H and O–H groups in total. The lowest BCUT2D eigenvalue weighted by Gasteiger charge is -2.15. The Labute approximate surface area is 128 Å². The number of nitrogens with zero attached hydrogens (tertiary/aromatic N) is 3. The highest BCUT2D eigenvalue weighted by atomic mass is 16.5. The van der Waals surface area contributed by atoms with Gasteiger partial charge in [0, 0.05) is 5.57 Å². The number of hydrogen-bond acceptors (Lipinski definition) is 7. The number of esters is 2. The van der Waals surface area contributed by atoms with E-state index in [1.807, 2.05) is 0 Å². The minimum absolute atomic E-state index is 0.0434. The molecule has 0 unspecified atom stereocenters. The Bertz CT molecular complexity index is 507. The van der Waals surface area contributed by atoms with E-state index in [0.29, 0.717) is 0 Å². The van der Waals surface area contributed by atoms with Crippen molar-refractivity contribution in [3.8, 4) is 0 Å². The first-order valence-electron chi connectivity index (χ1n) is 7.42. The Balaban J connectivity index is 1.70. The fourth-order valence-corrected chi connectivity index (χ4v) is 2.31. The van der Waals surface area contributed by atoms with Crippen LogP contribution in [0.15, 0.2) is 12.2 Å². The van der Waals surface area contributed by atoms with Crippen molar-refractivity contribution in [3.05, 3.63) is 18.0 Å². The number of ether oxygens (including phenoxy) is 2. The molecule has 8 heteroatoms. The van der Waals surface area contributed by atoms with Crippen LogP contribution in [-0.2, 0) is 25.7 Å². The predicted octanol–water partition coefficient (Wildman–Crippen LogP) is 1.46. The Hall–Kier alpha value is -2.25. The van der Waals surface area contributed by atoms with Crippen molar-refractivity contribution in [3.63, 3.8) is 0 Å². The zero-order chi connectivity index (χ0) is 15.8. The molecule has 2 rings (SSSR count). The van der Waals surface area contributed by atoms with Gasteiger partial charge in [-0.25, -0.2) is 4.79 Å². The molecule has 0 atom stereocenters. The van der Waals surface area contributed by atoms with E-state index < -0.39 is 11.9 Å². The molecule has 1 aromatic heterocycles. The number of hydrogen-bond donors (Lipinski definition) is 1. The molecule has 0 aromatic carbocycles. The van der Waals surface area contributed by atoms with Crippen LogP contribution in [-0.4, -0.2) is 38.7 Å². The number of carbonyl (C=O) groups is 2. The molecule has 1 saturated carbocycles. The zero-order valence-corrected chi connectivity index (χ0v) is 12.4. The van der Waals surface area contributed by atoms with Crippen molar-refractivity contribution >= 4 is 11.9 Å². The van der Waals surface area contributed by atoms with Gasteiger partial charge in [0.1, 0.15) is 6.10 Å². The summed E-state index contributed by atoms with van der Waals surface area (Å²) < 4.78 is 10.3. The number of tetrazole rings is 1. The van der Waals surface area contributed by atoms with Crippen LogP contribution in [0, 0.1) is 0 Å². The van der Waals surface area contributed by atoms with E-state index in [1.165, 1.54) is 12.8 Å². The van der Waals surface area contributed by atoms with Crippen LogP contribution in [0.2, 0.25) is 0 Å². The highest BCUT2D eigenvalue weighted by Gasteiger charge is 2.20. The maximum absolute atomic E-state index is 11.8. The average molecular weight is 308 g/mol. The molecule has 1 aromatic rings. The summed E-state index contributed by atoms with van der Waals surface area (Å²) in [5, 5.41) is 12.9. The summed E-state index contributed by atoms with van der Waals surface area (Å²) in [6.07, 6.45) is 6.09. The molecule has 120 valence electrons.